The molecule has 2 N–H and O–H groups in total. The minimum absolute atomic E-state index is 0.200. The number of carbonyl (C=O) groups is 1. The zero-order valence-corrected chi connectivity index (χ0v) is 16.5. The predicted octanol–water partition coefficient (Wildman–Crippen LogP) is 3.47. The summed E-state index contributed by atoms with van der Waals surface area (Å²) in [6.45, 7) is 9.23. The standard InChI is InChI=1S/C21H27N3O3/c1-6-8-14-9-7-10-16-17(14)19(25)24(15-11-12-15)18(22-16)13(2)27-20(26)23-21(3,4)5/h7,9-10,13,15,19,25H,11-12H2,1-5H3,(H,23,26)/t13-,19-/m0/s1. The van der Waals surface area contributed by atoms with Crippen molar-refractivity contribution in [2.75, 3.05) is 0 Å². The van der Waals surface area contributed by atoms with Crippen LogP contribution < -0.4 is 5.32 Å². The van der Waals surface area contributed by atoms with Gasteiger partial charge in [-0.05, 0) is 59.6 Å². The van der Waals surface area contributed by atoms with Crippen LogP contribution in [0.3, 0.4) is 0 Å². The van der Waals surface area contributed by atoms with E-state index in [1.165, 1.54) is 0 Å². The lowest BCUT2D eigenvalue weighted by Gasteiger charge is -2.38. The van der Waals surface area contributed by atoms with Crippen LogP contribution in [0.15, 0.2) is 23.2 Å². The van der Waals surface area contributed by atoms with Crippen LogP contribution in [0.5, 0.6) is 0 Å². The summed E-state index contributed by atoms with van der Waals surface area (Å²) in [5.74, 6) is 6.51. The van der Waals surface area contributed by atoms with E-state index >= 15 is 0 Å². The number of nitrogens with one attached hydrogen (secondary N) is 1. The number of fused-ring (bicyclic) bond motifs is 1. The molecule has 1 aromatic carbocycles. The van der Waals surface area contributed by atoms with Gasteiger partial charge in [0.25, 0.3) is 0 Å². The van der Waals surface area contributed by atoms with Crippen molar-refractivity contribution in [3.05, 3.63) is 29.3 Å². The summed E-state index contributed by atoms with van der Waals surface area (Å²) in [5.41, 5.74) is 1.77. The van der Waals surface area contributed by atoms with Gasteiger partial charge in [-0.2, -0.15) is 0 Å². The Labute approximate surface area is 160 Å². The lowest BCUT2D eigenvalue weighted by molar-refractivity contribution is 0.0334. The zero-order valence-electron chi connectivity index (χ0n) is 16.5. The van der Waals surface area contributed by atoms with E-state index < -0.39 is 18.4 Å². The lowest BCUT2D eigenvalue weighted by Crippen LogP contribution is -2.48. The van der Waals surface area contributed by atoms with Gasteiger partial charge in [-0.25, -0.2) is 9.79 Å². The number of ether oxygens (including phenoxy) is 1. The Morgan fingerprint density at radius 2 is 2.11 bits per heavy atom. The smallest absolute Gasteiger partial charge is 0.408 e. The van der Waals surface area contributed by atoms with Gasteiger partial charge in [0.15, 0.2) is 12.3 Å². The molecule has 1 aliphatic heterocycles. The SMILES string of the molecule is CC#Cc1cccc2c1[C@H](O)N(C1CC1)C([C@H](C)OC(=O)NC(C)(C)C)=N2. The van der Waals surface area contributed by atoms with Gasteiger partial charge < -0.3 is 20.1 Å². The van der Waals surface area contributed by atoms with Gasteiger partial charge in [-0.3, -0.25) is 0 Å². The lowest BCUT2D eigenvalue weighted by atomic mass is 10.0. The first-order valence-electron chi connectivity index (χ1n) is 9.30. The van der Waals surface area contributed by atoms with E-state index in [1.807, 2.05) is 43.9 Å². The molecule has 1 fully saturated rings. The van der Waals surface area contributed by atoms with E-state index in [0.29, 0.717) is 17.1 Å². The van der Waals surface area contributed by atoms with Gasteiger partial charge in [-0.15, -0.1) is 5.92 Å². The normalized spacial score (nSPS) is 20.0. The molecule has 27 heavy (non-hydrogen) atoms. The molecule has 0 radical (unpaired) electrons. The van der Waals surface area contributed by atoms with Crippen LogP contribution in [0.2, 0.25) is 0 Å². The first-order valence-corrected chi connectivity index (χ1v) is 9.30. The number of benzene rings is 1. The number of carbonyl (C=O) groups excluding carboxylic acids is 1. The number of aliphatic hydroxyl groups is 1. The molecule has 2 aliphatic rings. The Morgan fingerprint density at radius 1 is 1.41 bits per heavy atom. The summed E-state index contributed by atoms with van der Waals surface area (Å²) in [4.78, 5) is 18.8. The van der Waals surface area contributed by atoms with E-state index in [-0.39, 0.29) is 11.6 Å². The van der Waals surface area contributed by atoms with E-state index in [4.69, 9.17) is 9.73 Å². The molecule has 0 spiro atoms. The number of amidine groups is 1. The molecule has 0 bridgehead atoms. The van der Waals surface area contributed by atoms with Crippen LogP contribution in [-0.2, 0) is 4.74 Å². The van der Waals surface area contributed by atoms with Crippen LogP contribution in [0.4, 0.5) is 10.5 Å². The second kappa shape index (κ2) is 7.24. The van der Waals surface area contributed by atoms with E-state index in [2.05, 4.69) is 17.2 Å². The number of aliphatic imine (C=N–C) groups is 1. The fourth-order valence-corrected chi connectivity index (χ4v) is 3.20. The van der Waals surface area contributed by atoms with Crippen LogP contribution in [0.25, 0.3) is 0 Å². The number of nitrogens with zero attached hydrogens (tertiary/aromatic N) is 2. The van der Waals surface area contributed by atoms with Gasteiger partial charge in [0.1, 0.15) is 5.84 Å². The summed E-state index contributed by atoms with van der Waals surface area (Å²) in [7, 11) is 0. The highest BCUT2D eigenvalue weighted by molar-refractivity contribution is 5.93. The van der Waals surface area contributed by atoms with E-state index in [1.54, 1.807) is 13.8 Å². The average Bonchev–Trinajstić information content (AvgIpc) is 3.37. The number of hydrogen-bond acceptors (Lipinski definition) is 5. The van der Waals surface area contributed by atoms with Crippen LogP contribution >= 0.6 is 0 Å². The van der Waals surface area contributed by atoms with Crippen molar-refractivity contribution in [2.45, 2.75) is 71.4 Å². The van der Waals surface area contributed by atoms with Crippen LogP contribution in [0.1, 0.15) is 64.8 Å². The quantitative estimate of drug-likeness (QED) is 0.800. The first kappa shape index (κ1) is 19.2. The van der Waals surface area contributed by atoms with Crippen LogP contribution in [0, 0.1) is 11.8 Å². The van der Waals surface area contributed by atoms with Crippen molar-refractivity contribution in [1.82, 2.24) is 10.2 Å². The Balaban J connectivity index is 1.94. The molecule has 3 rings (SSSR count). The summed E-state index contributed by atoms with van der Waals surface area (Å²) in [6, 6.07) is 5.81. The molecular weight excluding hydrogens is 342 g/mol. The highest BCUT2D eigenvalue weighted by Gasteiger charge is 2.42. The molecule has 6 heteroatoms. The largest absolute Gasteiger partial charge is 0.438 e. The molecular formula is C21H27N3O3. The Hall–Kier alpha value is -2.52. The second-order valence-corrected chi connectivity index (χ2v) is 8.02. The zero-order chi connectivity index (χ0) is 19.8. The van der Waals surface area contributed by atoms with Crippen molar-refractivity contribution in [3.63, 3.8) is 0 Å². The summed E-state index contributed by atoms with van der Waals surface area (Å²) in [5, 5.41) is 13.9. The van der Waals surface area contributed by atoms with Crippen molar-refractivity contribution in [3.8, 4) is 11.8 Å². The number of alkyl carbamates (subject to hydrolysis) is 1. The molecule has 1 saturated carbocycles. The topological polar surface area (TPSA) is 74.2 Å². The fourth-order valence-electron chi connectivity index (χ4n) is 3.20. The third kappa shape index (κ3) is 4.25. The molecule has 0 saturated heterocycles. The number of rotatable bonds is 3. The highest BCUT2D eigenvalue weighted by Crippen LogP contribution is 2.42. The van der Waals surface area contributed by atoms with Crippen molar-refractivity contribution >= 4 is 17.6 Å². The van der Waals surface area contributed by atoms with Crippen molar-refractivity contribution in [2.24, 2.45) is 4.99 Å². The van der Waals surface area contributed by atoms with Gasteiger partial charge in [0, 0.05) is 22.7 Å². The Kier molecular flexibility index (Phi) is 5.16. The highest BCUT2D eigenvalue weighted by atomic mass is 16.6. The molecule has 0 aromatic heterocycles. The third-order valence-corrected chi connectivity index (χ3v) is 4.43. The van der Waals surface area contributed by atoms with Crippen LogP contribution in [-0.4, -0.2) is 39.6 Å². The monoisotopic (exact) mass is 369 g/mol. The van der Waals surface area contributed by atoms with Gasteiger partial charge in [-0.1, -0.05) is 12.0 Å². The molecule has 1 heterocycles. The summed E-state index contributed by atoms with van der Waals surface area (Å²) in [6.07, 6.45) is 0.0202. The molecule has 144 valence electrons. The Bertz CT molecular complexity index is 825. The predicted molar refractivity (Wildman–Crippen MR) is 105 cm³/mol. The van der Waals surface area contributed by atoms with Gasteiger partial charge in [0.05, 0.1) is 5.69 Å². The maximum atomic E-state index is 12.2. The van der Waals surface area contributed by atoms with E-state index in [0.717, 1.165) is 18.4 Å². The van der Waals surface area contributed by atoms with Gasteiger partial charge >= 0.3 is 6.09 Å². The third-order valence-electron chi connectivity index (χ3n) is 4.43. The minimum atomic E-state index is -0.853. The number of aliphatic hydroxyl groups excluding tert-OH is 1. The minimum Gasteiger partial charge on any atom is -0.438 e. The number of hydrogen-bond donors (Lipinski definition) is 2. The second-order valence-electron chi connectivity index (χ2n) is 8.02. The fraction of sp³-hybridized carbons (Fsp3) is 0.524. The maximum absolute atomic E-state index is 12.2. The molecule has 1 amide bonds. The van der Waals surface area contributed by atoms with Gasteiger partial charge in [0.2, 0.25) is 0 Å². The first-order chi connectivity index (χ1) is 12.7. The Morgan fingerprint density at radius 3 is 2.70 bits per heavy atom. The van der Waals surface area contributed by atoms with Crippen molar-refractivity contribution < 1.29 is 14.6 Å². The summed E-state index contributed by atoms with van der Waals surface area (Å²) >= 11 is 0. The average molecular weight is 369 g/mol. The molecule has 1 aromatic rings. The summed E-state index contributed by atoms with van der Waals surface area (Å²) < 4.78 is 5.55. The molecule has 6 nitrogen and oxygen atoms in total. The molecule has 1 aliphatic carbocycles. The molecule has 0 unspecified atom stereocenters. The number of amides is 1. The molecule has 2 atom stereocenters. The maximum Gasteiger partial charge on any atom is 0.408 e. The van der Waals surface area contributed by atoms with Crippen molar-refractivity contribution in [1.29, 1.82) is 0 Å². The van der Waals surface area contributed by atoms with E-state index in [9.17, 15) is 9.90 Å².